The van der Waals surface area contributed by atoms with Crippen LogP contribution in [0, 0.1) is 0 Å². The molecule has 0 aromatic heterocycles. The van der Waals surface area contributed by atoms with Gasteiger partial charge in [-0.3, -0.25) is 4.79 Å². The summed E-state index contributed by atoms with van der Waals surface area (Å²) < 4.78 is 5.57. The van der Waals surface area contributed by atoms with Crippen molar-refractivity contribution >= 4 is 28.9 Å². The minimum atomic E-state index is -0.459. The van der Waals surface area contributed by atoms with Crippen LogP contribution in [0.25, 0.3) is 0 Å². The Kier molecular flexibility index (Phi) is 4.44. The smallest absolute Gasteiger partial charge is 0.265 e. The summed E-state index contributed by atoms with van der Waals surface area (Å²) in [4.78, 5) is 11.7. The second kappa shape index (κ2) is 6.50. The van der Waals surface area contributed by atoms with E-state index in [0.29, 0.717) is 11.4 Å². The molecule has 120 valence electrons. The molecule has 1 amide bonds. The highest BCUT2D eigenvalue weighted by molar-refractivity contribution is 6.30. The maximum Gasteiger partial charge on any atom is 0.265 e. The first-order chi connectivity index (χ1) is 11.1. The molecule has 23 heavy (non-hydrogen) atoms. The molecule has 0 radical (unpaired) electrons. The van der Waals surface area contributed by atoms with Crippen LogP contribution in [-0.4, -0.2) is 12.0 Å². The predicted molar refractivity (Wildman–Crippen MR) is 93.3 cm³/mol. The second-order valence-electron chi connectivity index (χ2n) is 5.62. The molecule has 3 rings (SSSR count). The van der Waals surface area contributed by atoms with Gasteiger partial charge in [-0.2, -0.15) is 0 Å². The Morgan fingerprint density at radius 1 is 1.26 bits per heavy atom. The number of halogens is 1. The third-order valence-electron chi connectivity index (χ3n) is 3.93. The summed E-state index contributed by atoms with van der Waals surface area (Å²) in [6.45, 7) is 3.86. The zero-order chi connectivity index (χ0) is 16.4. The molecule has 2 atom stereocenters. The highest BCUT2D eigenvalue weighted by atomic mass is 35.5. The molecule has 4 nitrogen and oxygen atoms in total. The number of carbonyl (C=O) groups is 1. The Labute approximate surface area is 140 Å². The van der Waals surface area contributed by atoms with E-state index in [1.54, 1.807) is 6.92 Å². The lowest BCUT2D eigenvalue weighted by atomic mass is 10.0. The molecule has 2 aromatic carbocycles. The lowest BCUT2D eigenvalue weighted by molar-refractivity contribution is -0.122. The van der Waals surface area contributed by atoms with Crippen LogP contribution in [0.5, 0.6) is 5.75 Å². The van der Waals surface area contributed by atoms with Gasteiger partial charge in [0.1, 0.15) is 5.75 Å². The Morgan fingerprint density at radius 2 is 2.00 bits per heavy atom. The van der Waals surface area contributed by atoms with Crippen LogP contribution in [0.3, 0.4) is 0 Å². The van der Waals surface area contributed by atoms with E-state index in [4.69, 9.17) is 16.3 Å². The van der Waals surface area contributed by atoms with Gasteiger partial charge < -0.3 is 15.4 Å². The van der Waals surface area contributed by atoms with E-state index in [9.17, 15) is 4.79 Å². The first-order valence-electron chi connectivity index (χ1n) is 7.70. The summed E-state index contributed by atoms with van der Waals surface area (Å²) >= 11 is 5.95. The molecule has 1 aliphatic rings. The van der Waals surface area contributed by atoms with Gasteiger partial charge in [-0.05, 0) is 49.2 Å². The van der Waals surface area contributed by atoms with Crippen LogP contribution >= 0.6 is 11.6 Å². The number of carbonyl (C=O) groups excluding carboxylic acids is 1. The summed E-state index contributed by atoms with van der Waals surface area (Å²) in [5, 5.41) is 7.09. The molecule has 1 aliphatic heterocycles. The van der Waals surface area contributed by atoms with E-state index in [-0.39, 0.29) is 11.9 Å². The van der Waals surface area contributed by atoms with Gasteiger partial charge in [-0.1, -0.05) is 30.7 Å². The Morgan fingerprint density at radius 3 is 2.70 bits per heavy atom. The molecule has 2 aromatic rings. The van der Waals surface area contributed by atoms with Crippen molar-refractivity contribution in [2.75, 3.05) is 10.6 Å². The van der Waals surface area contributed by atoms with Crippen molar-refractivity contribution in [2.24, 2.45) is 0 Å². The van der Waals surface area contributed by atoms with E-state index < -0.39 is 6.10 Å². The summed E-state index contributed by atoms with van der Waals surface area (Å²) in [5.74, 6) is 0.571. The quantitative estimate of drug-likeness (QED) is 0.859. The van der Waals surface area contributed by atoms with E-state index in [1.165, 1.54) is 5.56 Å². The fourth-order valence-corrected chi connectivity index (χ4v) is 2.74. The number of nitrogens with one attached hydrogen (secondary N) is 2. The number of fused-ring (bicyclic) bond motifs is 1. The minimum absolute atomic E-state index is 0.126. The van der Waals surface area contributed by atoms with Gasteiger partial charge in [0, 0.05) is 10.7 Å². The lowest BCUT2D eigenvalue weighted by Gasteiger charge is -2.25. The van der Waals surface area contributed by atoms with Gasteiger partial charge in [0.25, 0.3) is 5.91 Å². The number of hydrogen-bond acceptors (Lipinski definition) is 3. The van der Waals surface area contributed by atoms with E-state index in [1.807, 2.05) is 42.5 Å². The molecule has 2 N–H and O–H groups in total. The van der Waals surface area contributed by atoms with Gasteiger partial charge >= 0.3 is 0 Å². The first kappa shape index (κ1) is 15.7. The number of ether oxygens (including phenoxy) is 1. The Hall–Kier alpha value is -2.20. The third kappa shape index (κ3) is 3.42. The van der Waals surface area contributed by atoms with Crippen LogP contribution in [0.15, 0.2) is 42.5 Å². The van der Waals surface area contributed by atoms with Crippen molar-refractivity contribution in [3.63, 3.8) is 0 Å². The molecular weight excluding hydrogens is 312 g/mol. The standard InChI is InChI=1S/C18H19ClN2O2/c1-3-15(12-4-6-13(19)7-5-12)20-14-8-9-17-16(10-14)21-18(22)11(2)23-17/h4-11,15,20H,3H2,1-2H3,(H,21,22)/t11-,15-/m1/s1. The van der Waals surface area contributed by atoms with Gasteiger partial charge in [0.2, 0.25) is 0 Å². The van der Waals surface area contributed by atoms with Gasteiger partial charge in [-0.25, -0.2) is 0 Å². The third-order valence-corrected chi connectivity index (χ3v) is 4.18. The van der Waals surface area contributed by atoms with Crippen molar-refractivity contribution in [1.82, 2.24) is 0 Å². The Bertz CT molecular complexity index is 715. The number of hydrogen-bond donors (Lipinski definition) is 2. The van der Waals surface area contributed by atoms with Gasteiger partial charge in [0.15, 0.2) is 6.10 Å². The van der Waals surface area contributed by atoms with Crippen LogP contribution in [0.2, 0.25) is 5.02 Å². The SMILES string of the molecule is CC[C@@H](Nc1ccc2c(c1)NC(=O)[C@@H](C)O2)c1ccc(Cl)cc1. The molecule has 0 fully saturated rings. The van der Waals surface area contributed by atoms with Gasteiger partial charge in [0.05, 0.1) is 11.7 Å². The molecule has 0 spiro atoms. The molecule has 5 heteroatoms. The van der Waals surface area contributed by atoms with Gasteiger partial charge in [-0.15, -0.1) is 0 Å². The average Bonchev–Trinajstić information content (AvgIpc) is 2.55. The van der Waals surface area contributed by atoms with Crippen LogP contribution in [-0.2, 0) is 4.79 Å². The van der Waals surface area contributed by atoms with Crippen molar-refractivity contribution in [3.8, 4) is 5.75 Å². The fourth-order valence-electron chi connectivity index (χ4n) is 2.62. The topological polar surface area (TPSA) is 50.4 Å². The predicted octanol–water partition coefficient (Wildman–Crippen LogP) is 4.62. The summed E-state index contributed by atoms with van der Waals surface area (Å²) in [7, 11) is 0. The zero-order valence-corrected chi connectivity index (χ0v) is 13.9. The van der Waals surface area contributed by atoms with Crippen molar-refractivity contribution < 1.29 is 9.53 Å². The molecule has 0 saturated heterocycles. The molecular formula is C18H19ClN2O2. The highest BCUT2D eigenvalue weighted by Crippen LogP contribution is 2.33. The van der Waals surface area contributed by atoms with Crippen LogP contribution < -0.4 is 15.4 Å². The fraction of sp³-hybridized carbons (Fsp3) is 0.278. The molecule has 0 saturated carbocycles. The Balaban J connectivity index is 1.80. The second-order valence-corrected chi connectivity index (χ2v) is 6.05. The number of amides is 1. The van der Waals surface area contributed by atoms with Crippen LogP contribution in [0.1, 0.15) is 31.9 Å². The summed E-state index contributed by atoms with van der Waals surface area (Å²) in [6.07, 6.45) is 0.470. The van der Waals surface area contributed by atoms with E-state index in [2.05, 4.69) is 17.6 Å². The zero-order valence-electron chi connectivity index (χ0n) is 13.1. The van der Waals surface area contributed by atoms with Crippen molar-refractivity contribution in [1.29, 1.82) is 0 Å². The average molecular weight is 331 g/mol. The molecule has 0 unspecified atom stereocenters. The largest absolute Gasteiger partial charge is 0.479 e. The first-order valence-corrected chi connectivity index (χ1v) is 8.08. The van der Waals surface area contributed by atoms with Crippen molar-refractivity contribution in [2.45, 2.75) is 32.4 Å². The highest BCUT2D eigenvalue weighted by Gasteiger charge is 2.23. The molecule has 1 heterocycles. The summed E-state index contributed by atoms with van der Waals surface area (Å²) in [5.41, 5.74) is 2.80. The lowest BCUT2D eigenvalue weighted by Crippen LogP contribution is -2.34. The summed E-state index contributed by atoms with van der Waals surface area (Å²) in [6, 6.07) is 13.7. The maximum atomic E-state index is 11.7. The number of benzene rings is 2. The monoisotopic (exact) mass is 330 g/mol. The number of rotatable bonds is 4. The molecule has 0 aliphatic carbocycles. The molecule has 0 bridgehead atoms. The van der Waals surface area contributed by atoms with E-state index in [0.717, 1.165) is 17.1 Å². The number of anilines is 2. The van der Waals surface area contributed by atoms with Crippen LogP contribution in [0.4, 0.5) is 11.4 Å². The maximum absolute atomic E-state index is 11.7. The van der Waals surface area contributed by atoms with Crippen molar-refractivity contribution in [3.05, 3.63) is 53.1 Å². The normalized spacial score (nSPS) is 17.7. The minimum Gasteiger partial charge on any atom is -0.479 e. The van der Waals surface area contributed by atoms with E-state index >= 15 is 0 Å².